The van der Waals surface area contributed by atoms with E-state index in [9.17, 15) is 13.2 Å². The van der Waals surface area contributed by atoms with Gasteiger partial charge in [-0.2, -0.15) is 0 Å². The Bertz CT molecular complexity index is 549. The molecule has 0 saturated carbocycles. The Morgan fingerprint density at radius 3 is 2.50 bits per heavy atom. The van der Waals surface area contributed by atoms with Crippen molar-refractivity contribution in [2.24, 2.45) is 5.41 Å². The molecule has 0 aliphatic heterocycles. The van der Waals surface area contributed by atoms with Crippen LogP contribution in [0.2, 0.25) is 5.02 Å². The summed E-state index contributed by atoms with van der Waals surface area (Å²) in [6.07, 6.45) is 0. The van der Waals surface area contributed by atoms with Crippen molar-refractivity contribution >= 4 is 27.4 Å². The molecule has 6 heteroatoms. The molecular weight excluding hydrogens is 276 g/mol. The van der Waals surface area contributed by atoms with Crippen molar-refractivity contribution in [2.45, 2.75) is 18.7 Å². The maximum absolute atomic E-state index is 12.2. The van der Waals surface area contributed by atoms with Gasteiger partial charge in [-0.1, -0.05) is 17.7 Å². The lowest BCUT2D eigenvalue weighted by Crippen LogP contribution is -2.33. The molecular formula is C12H15ClO4S. The second kappa shape index (κ2) is 5.28. The van der Waals surface area contributed by atoms with Crippen LogP contribution in [0.5, 0.6) is 0 Å². The van der Waals surface area contributed by atoms with Crippen LogP contribution in [-0.4, -0.2) is 27.2 Å². The minimum Gasteiger partial charge on any atom is -0.469 e. The van der Waals surface area contributed by atoms with Gasteiger partial charge in [0.25, 0.3) is 0 Å². The number of ether oxygens (including phenoxy) is 1. The third-order valence-electron chi connectivity index (χ3n) is 2.44. The molecule has 0 radical (unpaired) electrons. The van der Waals surface area contributed by atoms with E-state index in [1.54, 1.807) is 12.1 Å². The molecule has 0 aliphatic carbocycles. The number of sulfone groups is 1. The van der Waals surface area contributed by atoms with Crippen molar-refractivity contribution in [3.63, 3.8) is 0 Å². The quantitative estimate of drug-likeness (QED) is 0.799. The van der Waals surface area contributed by atoms with Crippen molar-refractivity contribution in [1.29, 1.82) is 0 Å². The van der Waals surface area contributed by atoms with E-state index < -0.39 is 21.2 Å². The van der Waals surface area contributed by atoms with E-state index in [-0.39, 0.29) is 10.6 Å². The molecule has 0 unspecified atom stereocenters. The largest absolute Gasteiger partial charge is 0.469 e. The molecule has 0 N–H and O–H groups in total. The number of hydrogen-bond acceptors (Lipinski definition) is 4. The standard InChI is InChI=1S/C12H15ClO4S/c1-12(2,11(14)17-3)8-18(15,16)10-6-4-5-9(13)7-10/h4-7H,8H2,1-3H3. The van der Waals surface area contributed by atoms with E-state index in [2.05, 4.69) is 4.74 Å². The predicted molar refractivity (Wildman–Crippen MR) is 69.3 cm³/mol. The summed E-state index contributed by atoms with van der Waals surface area (Å²) in [5, 5.41) is 0.340. The van der Waals surface area contributed by atoms with Gasteiger partial charge in [0.2, 0.25) is 0 Å². The zero-order valence-corrected chi connectivity index (χ0v) is 12.0. The summed E-state index contributed by atoms with van der Waals surface area (Å²) in [5.41, 5.74) is -1.10. The van der Waals surface area contributed by atoms with Gasteiger partial charge in [0, 0.05) is 5.02 Å². The van der Waals surface area contributed by atoms with Gasteiger partial charge >= 0.3 is 5.97 Å². The monoisotopic (exact) mass is 290 g/mol. The molecule has 4 nitrogen and oxygen atoms in total. The zero-order chi connectivity index (χ0) is 14.0. The highest BCUT2D eigenvalue weighted by Crippen LogP contribution is 2.25. The van der Waals surface area contributed by atoms with Crippen LogP contribution in [0, 0.1) is 5.41 Å². The molecule has 0 aliphatic rings. The predicted octanol–water partition coefficient (Wildman–Crippen LogP) is 2.31. The number of esters is 1. The van der Waals surface area contributed by atoms with Crippen LogP contribution >= 0.6 is 11.6 Å². The average molecular weight is 291 g/mol. The van der Waals surface area contributed by atoms with Gasteiger partial charge in [-0.15, -0.1) is 0 Å². The Balaban J connectivity index is 3.06. The van der Waals surface area contributed by atoms with Crippen LogP contribution in [0.3, 0.4) is 0 Å². The lowest BCUT2D eigenvalue weighted by Gasteiger charge is -2.21. The summed E-state index contributed by atoms with van der Waals surface area (Å²) in [6, 6.07) is 5.96. The topological polar surface area (TPSA) is 60.4 Å². The van der Waals surface area contributed by atoms with Crippen molar-refractivity contribution in [2.75, 3.05) is 12.9 Å². The van der Waals surface area contributed by atoms with E-state index in [4.69, 9.17) is 11.6 Å². The normalized spacial score (nSPS) is 12.2. The third kappa shape index (κ3) is 3.46. The van der Waals surface area contributed by atoms with Gasteiger partial charge in [0.15, 0.2) is 9.84 Å². The summed E-state index contributed by atoms with van der Waals surface area (Å²) in [7, 11) is -2.35. The van der Waals surface area contributed by atoms with Gasteiger partial charge in [-0.3, -0.25) is 4.79 Å². The summed E-state index contributed by atoms with van der Waals surface area (Å²) in [4.78, 5) is 11.6. The van der Waals surface area contributed by atoms with Crippen LogP contribution in [0.1, 0.15) is 13.8 Å². The molecule has 0 amide bonds. The van der Waals surface area contributed by atoms with E-state index in [1.165, 1.54) is 33.1 Å². The lowest BCUT2D eigenvalue weighted by molar-refractivity contribution is -0.149. The summed E-state index contributed by atoms with van der Waals surface area (Å²) in [5.74, 6) is -0.888. The molecule has 0 bridgehead atoms. The second-order valence-corrected chi connectivity index (χ2v) is 7.02. The molecule has 0 fully saturated rings. The zero-order valence-electron chi connectivity index (χ0n) is 10.4. The smallest absolute Gasteiger partial charge is 0.312 e. The molecule has 18 heavy (non-hydrogen) atoms. The minimum atomic E-state index is -3.58. The molecule has 1 aromatic carbocycles. The fourth-order valence-electron chi connectivity index (χ4n) is 1.55. The Morgan fingerprint density at radius 1 is 1.39 bits per heavy atom. The first-order chi connectivity index (χ1) is 8.19. The molecule has 1 aromatic rings. The Hall–Kier alpha value is -1.07. The molecule has 0 spiro atoms. The maximum Gasteiger partial charge on any atom is 0.312 e. The number of rotatable bonds is 4. The van der Waals surface area contributed by atoms with Crippen LogP contribution < -0.4 is 0 Å². The first kappa shape index (κ1) is 15.0. The fraction of sp³-hybridized carbons (Fsp3) is 0.417. The molecule has 100 valence electrons. The fourth-order valence-corrected chi connectivity index (χ4v) is 3.64. The second-order valence-electron chi connectivity index (χ2n) is 4.59. The third-order valence-corrected chi connectivity index (χ3v) is 4.75. The molecule has 0 saturated heterocycles. The van der Waals surface area contributed by atoms with Crippen molar-refractivity contribution in [1.82, 2.24) is 0 Å². The summed E-state index contributed by atoms with van der Waals surface area (Å²) < 4.78 is 28.9. The number of methoxy groups -OCH3 is 1. The molecule has 1 rings (SSSR count). The average Bonchev–Trinajstić information content (AvgIpc) is 2.26. The van der Waals surface area contributed by atoms with E-state index >= 15 is 0 Å². The van der Waals surface area contributed by atoms with Gasteiger partial charge in [-0.05, 0) is 32.0 Å². The minimum absolute atomic E-state index is 0.104. The number of hydrogen-bond donors (Lipinski definition) is 0. The van der Waals surface area contributed by atoms with E-state index in [0.717, 1.165) is 0 Å². The Labute approximate surface area is 112 Å². The number of carbonyl (C=O) groups excluding carboxylic acids is 1. The highest BCUT2D eigenvalue weighted by atomic mass is 35.5. The molecule has 0 heterocycles. The SMILES string of the molecule is COC(=O)C(C)(C)CS(=O)(=O)c1cccc(Cl)c1. The van der Waals surface area contributed by atoms with Crippen molar-refractivity contribution in [3.8, 4) is 0 Å². The molecule has 0 atom stereocenters. The van der Waals surface area contributed by atoms with Crippen LogP contribution in [-0.2, 0) is 19.4 Å². The van der Waals surface area contributed by atoms with E-state index in [1.807, 2.05) is 0 Å². The number of benzene rings is 1. The number of carbonyl (C=O) groups is 1. The van der Waals surface area contributed by atoms with Crippen molar-refractivity contribution in [3.05, 3.63) is 29.3 Å². The first-order valence-electron chi connectivity index (χ1n) is 5.26. The van der Waals surface area contributed by atoms with Crippen molar-refractivity contribution < 1.29 is 17.9 Å². The van der Waals surface area contributed by atoms with Gasteiger partial charge in [0.05, 0.1) is 23.2 Å². The van der Waals surface area contributed by atoms with E-state index in [0.29, 0.717) is 5.02 Å². The Morgan fingerprint density at radius 2 is 2.00 bits per heavy atom. The summed E-state index contributed by atoms with van der Waals surface area (Å²) >= 11 is 5.76. The summed E-state index contributed by atoms with van der Waals surface area (Å²) in [6.45, 7) is 3.06. The first-order valence-corrected chi connectivity index (χ1v) is 7.29. The highest BCUT2D eigenvalue weighted by molar-refractivity contribution is 7.91. The Kier molecular flexibility index (Phi) is 4.40. The highest BCUT2D eigenvalue weighted by Gasteiger charge is 2.35. The van der Waals surface area contributed by atoms with Gasteiger partial charge < -0.3 is 4.74 Å². The van der Waals surface area contributed by atoms with Gasteiger partial charge in [-0.25, -0.2) is 8.42 Å². The van der Waals surface area contributed by atoms with Crippen LogP contribution in [0.15, 0.2) is 29.2 Å². The van der Waals surface area contributed by atoms with Crippen LogP contribution in [0.4, 0.5) is 0 Å². The maximum atomic E-state index is 12.2. The van der Waals surface area contributed by atoms with Gasteiger partial charge in [0.1, 0.15) is 0 Å². The van der Waals surface area contributed by atoms with Crippen LogP contribution in [0.25, 0.3) is 0 Å². The molecule has 0 aromatic heterocycles. The lowest BCUT2D eigenvalue weighted by atomic mass is 9.97. The number of halogens is 1.